The Kier molecular flexibility index (Phi) is 3.14. The summed E-state index contributed by atoms with van der Waals surface area (Å²) in [5, 5.41) is 4.38. The van der Waals surface area contributed by atoms with Gasteiger partial charge in [0, 0.05) is 22.2 Å². The van der Waals surface area contributed by atoms with Crippen molar-refractivity contribution in [2.75, 3.05) is 13.3 Å². The quantitative estimate of drug-likeness (QED) is 0.895. The fourth-order valence-electron chi connectivity index (χ4n) is 3.26. The van der Waals surface area contributed by atoms with Crippen molar-refractivity contribution in [3.05, 3.63) is 22.2 Å². The molecule has 0 radical (unpaired) electrons. The number of hydrogen-bond acceptors (Lipinski definition) is 3. The highest BCUT2D eigenvalue weighted by Crippen LogP contribution is 2.49. The highest BCUT2D eigenvalue weighted by Gasteiger charge is 2.37. The maximum absolute atomic E-state index is 6.55. The Bertz CT molecular complexity index is 507. The molecule has 1 aromatic carbocycles. The SMILES string of the molecule is CC(C)c1c2c(cc(Cl)c1C1(C)CCCN1)OCO2. The average Bonchev–Trinajstić information content (AvgIpc) is 2.95. The van der Waals surface area contributed by atoms with E-state index in [0.717, 1.165) is 29.5 Å². The van der Waals surface area contributed by atoms with Crippen molar-refractivity contribution in [2.45, 2.75) is 45.1 Å². The third-order valence-electron chi connectivity index (χ3n) is 4.15. The van der Waals surface area contributed by atoms with E-state index < -0.39 is 0 Å². The summed E-state index contributed by atoms with van der Waals surface area (Å²) < 4.78 is 11.2. The molecule has 104 valence electrons. The van der Waals surface area contributed by atoms with E-state index in [9.17, 15) is 0 Å². The Morgan fingerprint density at radius 2 is 2.16 bits per heavy atom. The molecule has 0 saturated carbocycles. The Morgan fingerprint density at radius 3 is 2.79 bits per heavy atom. The molecule has 1 atom stereocenters. The number of fused-ring (bicyclic) bond motifs is 1. The Hall–Kier alpha value is -0.930. The summed E-state index contributed by atoms with van der Waals surface area (Å²) >= 11 is 6.55. The van der Waals surface area contributed by atoms with Crippen molar-refractivity contribution in [1.82, 2.24) is 5.32 Å². The monoisotopic (exact) mass is 281 g/mol. The molecule has 1 fully saturated rings. The number of hydrogen-bond donors (Lipinski definition) is 1. The zero-order valence-corrected chi connectivity index (χ0v) is 12.4. The minimum atomic E-state index is -0.0579. The lowest BCUT2D eigenvalue weighted by Crippen LogP contribution is -2.34. The van der Waals surface area contributed by atoms with Crippen LogP contribution in [0.4, 0.5) is 0 Å². The fraction of sp³-hybridized carbons (Fsp3) is 0.600. The molecule has 0 aliphatic carbocycles. The summed E-state index contributed by atoms with van der Waals surface area (Å²) in [7, 11) is 0. The molecule has 2 aliphatic heterocycles. The second-order valence-electron chi connectivity index (χ2n) is 5.90. The molecule has 4 heteroatoms. The summed E-state index contributed by atoms with van der Waals surface area (Å²) in [6.07, 6.45) is 2.28. The zero-order chi connectivity index (χ0) is 13.6. The molecule has 1 N–H and O–H groups in total. The highest BCUT2D eigenvalue weighted by molar-refractivity contribution is 6.31. The Balaban J connectivity index is 2.23. The number of halogens is 1. The lowest BCUT2D eigenvalue weighted by Gasteiger charge is -2.30. The fourth-order valence-corrected chi connectivity index (χ4v) is 3.66. The van der Waals surface area contributed by atoms with Gasteiger partial charge < -0.3 is 14.8 Å². The first kappa shape index (κ1) is 13.1. The molecule has 3 rings (SSSR count). The first-order chi connectivity index (χ1) is 9.03. The van der Waals surface area contributed by atoms with E-state index in [1.165, 1.54) is 17.5 Å². The predicted octanol–water partition coefficient (Wildman–Crippen LogP) is 3.79. The van der Waals surface area contributed by atoms with Gasteiger partial charge in [0.15, 0.2) is 11.5 Å². The molecule has 0 bridgehead atoms. The molecular weight excluding hydrogens is 262 g/mol. The third kappa shape index (κ3) is 2.00. The Morgan fingerprint density at radius 1 is 1.37 bits per heavy atom. The van der Waals surface area contributed by atoms with Gasteiger partial charge in [-0.1, -0.05) is 25.4 Å². The van der Waals surface area contributed by atoms with E-state index >= 15 is 0 Å². The second-order valence-corrected chi connectivity index (χ2v) is 6.31. The molecule has 3 nitrogen and oxygen atoms in total. The van der Waals surface area contributed by atoms with E-state index in [-0.39, 0.29) is 5.54 Å². The maximum atomic E-state index is 6.55. The summed E-state index contributed by atoms with van der Waals surface area (Å²) in [4.78, 5) is 0. The number of ether oxygens (including phenoxy) is 2. The van der Waals surface area contributed by atoms with Gasteiger partial charge in [0.05, 0.1) is 0 Å². The molecule has 1 aromatic rings. The van der Waals surface area contributed by atoms with Crippen LogP contribution in [0.25, 0.3) is 0 Å². The van der Waals surface area contributed by atoms with Gasteiger partial charge in [0.25, 0.3) is 0 Å². The molecule has 19 heavy (non-hydrogen) atoms. The largest absolute Gasteiger partial charge is 0.454 e. The highest BCUT2D eigenvalue weighted by atomic mass is 35.5. The Labute approximate surface area is 119 Å². The van der Waals surface area contributed by atoms with Crippen LogP contribution in [-0.2, 0) is 5.54 Å². The van der Waals surface area contributed by atoms with Crippen molar-refractivity contribution >= 4 is 11.6 Å². The number of benzene rings is 1. The molecule has 0 spiro atoms. The van der Waals surface area contributed by atoms with Gasteiger partial charge in [0.1, 0.15) is 0 Å². The van der Waals surface area contributed by atoms with Gasteiger partial charge in [0.2, 0.25) is 6.79 Å². The minimum Gasteiger partial charge on any atom is -0.454 e. The molecule has 0 amide bonds. The van der Waals surface area contributed by atoms with Crippen LogP contribution in [0.15, 0.2) is 6.07 Å². The average molecular weight is 282 g/mol. The van der Waals surface area contributed by atoms with Gasteiger partial charge in [-0.05, 0) is 37.8 Å². The van der Waals surface area contributed by atoms with Crippen LogP contribution in [0.2, 0.25) is 5.02 Å². The van der Waals surface area contributed by atoms with Crippen LogP contribution < -0.4 is 14.8 Å². The topological polar surface area (TPSA) is 30.5 Å². The maximum Gasteiger partial charge on any atom is 0.231 e. The first-order valence-electron chi connectivity index (χ1n) is 6.90. The zero-order valence-electron chi connectivity index (χ0n) is 11.7. The van der Waals surface area contributed by atoms with Crippen LogP contribution in [0, 0.1) is 0 Å². The van der Waals surface area contributed by atoms with Crippen molar-refractivity contribution in [1.29, 1.82) is 0 Å². The summed E-state index contributed by atoms with van der Waals surface area (Å²) in [6, 6.07) is 1.90. The molecule has 2 aliphatic rings. The number of nitrogens with one attached hydrogen (secondary N) is 1. The van der Waals surface area contributed by atoms with Gasteiger partial charge >= 0.3 is 0 Å². The molecule has 2 heterocycles. The number of rotatable bonds is 2. The van der Waals surface area contributed by atoms with Crippen LogP contribution in [0.5, 0.6) is 11.5 Å². The van der Waals surface area contributed by atoms with Gasteiger partial charge in [-0.25, -0.2) is 0 Å². The van der Waals surface area contributed by atoms with Crippen LogP contribution in [0.1, 0.15) is 50.7 Å². The van der Waals surface area contributed by atoms with E-state index in [2.05, 4.69) is 26.1 Å². The van der Waals surface area contributed by atoms with Gasteiger partial charge in [-0.3, -0.25) is 0 Å². The van der Waals surface area contributed by atoms with Crippen LogP contribution >= 0.6 is 11.6 Å². The summed E-state index contributed by atoms with van der Waals surface area (Å²) in [6.45, 7) is 7.91. The van der Waals surface area contributed by atoms with Crippen molar-refractivity contribution in [3.8, 4) is 11.5 Å². The lowest BCUT2D eigenvalue weighted by atomic mass is 9.82. The molecule has 0 aromatic heterocycles. The van der Waals surface area contributed by atoms with Crippen molar-refractivity contribution in [2.24, 2.45) is 0 Å². The minimum absolute atomic E-state index is 0.0579. The normalized spacial score (nSPS) is 25.3. The first-order valence-corrected chi connectivity index (χ1v) is 7.28. The van der Waals surface area contributed by atoms with Crippen molar-refractivity contribution in [3.63, 3.8) is 0 Å². The second kappa shape index (κ2) is 4.57. The summed E-state index contributed by atoms with van der Waals surface area (Å²) in [5.74, 6) is 2.01. The molecule has 1 unspecified atom stereocenters. The van der Waals surface area contributed by atoms with Crippen LogP contribution in [-0.4, -0.2) is 13.3 Å². The third-order valence-corrected chi connectivity index (χ3v) is 4.45. The summed E-state index contributed by atoms with van der Waals surface area (Å²) in [5.41, 5.74) is 2.32. The smallest absolute Gasteiger partial charge is 0.231 e. The molecular formula is C15H20ClNO2. The van der Waals surface area contributed by atoms with E-state index in [1.807, 2.05) is 6.07 Å². The lowest BCUT2D eigenvalue weighted by molar-refractivity contribution is 0.173. The van der Waals surface area contributed by atoms with Gasteiger partial charge in [-0.2, -0.15) is 0 Å². The van der Waals surface area contributed by atoms with Crippen molar-refractivity contribution < 1.29 is 9.47 Å². The van der Waals surface area contributed by atoms with Crippen LogP contribution in [0.3, 0.4) is 0 Å². The van der Waals surface area contributed by atoms with E-state index in [0.29, 0.717) is 12.7 Å². The van der Waals surface area contributed by atoms with E-state index in [1.54, 1.807) is 0 Å². The molecule has 1 saturated heterocycles. The predicted molar refractivity (Wildman–Crippen MR) is 76.3 cm³/mol. The van der Waals surface area contributed by atoms with Gasteiger partial charge in [-0.15, -0.1) is 0 Å². The standard InChI is InChI=1S/C15H20ClNO2/c1-9(2)12-13(15(3)5-4-6-17-15)10(16)7-11-14(12)19-8-18-11/h7,9,17H,4-6,8H2,1-3H3. The van der Waals surface area contributed by atoms with E-state index in [4.69, 9.17) is 21.1 Å².